The predicted octanol–water partition coefficient (Wildman–Crippen LogP) is 3.50. The van der Waals surface area contributed by atoms with Crippen molar-refractivity contribution in [3.05, 3.63) is 71.4 Å². The fourth-order valence-corrected chi connectivity index (χ4v) is 3.31. The lowest BCUT2D eigenvalue weighted by atomic mass is 10.00. The Labute approximate surface area is 205 Å². The van der Waals surface area contributed by atoms with E-state index in [0.29, 0.717) is 0 Å². The molecule has 1 amide bonds. The summed E-state index contributed by atoms with van der Waals surface area (Å²) in [7, 11) is 0. The number of fused-ring (bicyclic) bond motifs is 1. The summed E-state index contributed by atoms with van der Waals surface area (Å²) >= 11 is 0. The van der Waals surface area contributed by atoms with Crippen molar-refractivity contribution in [3.8, 4) is 0 Å². The van der Waals surface area contributed by atoms with E-state index in [2.05, 4.69) is 10.3 Å². The first-order valence-corrected chi connectivity index (χ1v) is 10.4. The minimum atomic E-state index is -5.08. The smallest absolute Gasteiger partial charge is 0.480 e. The normalized spacial score (nSPS) is 13.3. The van der Waals surface area contributed by atoms with Crippen molar-refractivity contribution in [1.29, 1.82) is 0 Å². The summed E-state index contributed by atoms with van der Waals surface area (Å²) in [5.41, 5.74) is 6.19. The van der Waals surface area contributed by atoms with Crippen LogP contribution in [-0.4, -0.2) is 51.3 Å². The number of carboxylic acids is 2. The zero-order chi connectivity index (χ0) is 28.0. The van der Waals surface area contributed by atoms with Gasteiger partial charge in [-0.15, -0.1) is 0 Å². The minimum absolute atomic E-state index is 0.112. The lowest BCUT2D eigenvalue weighted by molar-refractivity contribution is -0.192. The van der Waals surface area contributed by atoms with Gasteiger partial charge in [0, 0.05) is 23.5 Å². The number of nitrogens with one attached hydrogen (secondary N) is 2. The molecule has 6 N–H and O–H groups in total. The molecule has 0 aliphatic carbocycles. The zero-order valence-electron chi connectivity index (χ0n) is 18.7. The molecular formula is C23H21F6N3O5. The number of aliphatic carboxylic acids is 2. The van der Waals surface area contributed by atoms with Gasteiger partial charge in [0.1, 0.15) is 6.04 Å². The van der Waals surface area contributed by atoms with Crippen molar-refractivity contribution in [1.82, 2.24) is 10.3 Å². The number of alkyl halides is 6. The van der Waals surface area contributed by atoms with Crippen molar-refractivity contribution in [2.75, 3.05) is 0 Å². The number of rotatable bonds is 7. The summed E-state index contributed by atoms with van der Waals surface area (Å²) in [6.07, 6.45) is -8.49. The Morgan fingerprint density at radius 1 is 0.919 bits per heavy atom. The summed E-state index contributed by atoms with van der Waals surface area (Å²) in [5.74, 6) is -4.82. The first kappa shape index (κ1) is 29.2. The molecule has 0 radical (unpaired) electrons. The fraction of sp³-hybridized carbons (Fsp3) is 0.261. The maximum atomic E-state index is 13.4. The third kappa shape index (κ3) is 8.24. The predicted molar refractivity (Wildman–Crippen MR) is 118 cm³/mol. The van der Waals surface area contributed by atoms with Crippen LogP contribution < -0.4 is 11.1 Å². The second-order valence-electron chi connectivity index (χ2n) is 7.74. The monoisotopic (exact) mass is 533 g/mol. The van der Waals surface area contributed by atoms with Crippen molar-refractivity contribution < 1.29 is 50.9 Å². The Balaban J connectivity index is 0.000000604. The molecule has 0 saturated heterocycles. The van der Waals surface area contributed by atoms with Gasteiger partial charge in [-0.25, -0.2) is 9.59 Å². The van der Waals surface area contributed by atoms with Gasteiger partial charge in [-0.3, -0.25) is 4.79 Å². The third-order valence-corrected chi connectivity index (χ3v) is 5.01. The highest BCUT2D eigenvalue weighted by Gasteiger charge is 2.38. The number of halogens is 6. The van der Waals surface area contributed by atoms with Crippen LogP contribution in [-0.2, 0) is 33.4 Å². The van der Waals surface area contributed by atoms with E-state index in [-0.39, 0.29) is 29.3 Å². The van der Waals surface area contributed by atoms with E-state index in [1.807, 2.05) is 6.07 Å². The maximum absolute atomic E-state index is 13.4. The number of hydrogen-bond acceptors (Lipinski definition) is 4. The van der Waals surface area contributed by atoms with Crippen molar-refractivity contribution >= 4 is 28.7 Å². The number of amides is 1. The first-order chi connectivity index (χ1) is 17.1. The molecule has 3 aromatic rings. The molecule has 0 spiro atoms. The second-order valence-corrected chi connectivity index (χ2v) is 7.74. The highest BCUT2D eigenvalue weighted by atomic mass is 19.4. The summed E-state index contributed by atoms with van der Waals surface area (Å²) < 4.78 is 71.9. The third-order valence-electron chi connectivity index (χ3n) is 5.01. The van der Waals surface area contributed by atoms with Gasteiger partial charge in [-0.1, -0.05) is 36.4 Å². The number of aromatic amines is 1. The van der Waals surface area contributed by atoms with Gasteiger partial charge in [-0.05, 0) is 29.7 Å². The van der Waals surface area contributed by atoms with E-state index in [0.717, 1.165) is 11.6 Å². The van der Waals surface area contributed by atoms with Crippen LogP contribution in [0.5, 0.6) is 0 Å². The molecule has 1 heterocycles. The standard InChI is InChI=1S/C21H20F3N3O3.C2HF3O2/c22-21(23,24)14-7-4-8-16-18(14)13(11-26-16)10-17(20(29)30)27-19(28)15(25)9-12-5-2-1-3-6-12;3-2(4,5)1(6)7/h1-8,11,15,17,26H,9-10,25H2,(H,27,28)(H,29,30);(H,6,7)/t15-,17-;/m0./s1. The zero-order valence-corrected chi connectivity index (χ0v) is 18.7. The number of hydrogen-bond donors (Lipinski definition) is 5. The average molecular weight is 533 g/mol. The van der Waals surface area contributed by atoms with Gasteiger partial charge in [0.25, 0.3) is 0 Å². The number of nitrogens with two attached hydrogens (primary N) is 1. The number of aromatic nitrogens is 1. The Morgan fingerprint density at radius 3 is 2.03 bits per heavy atom. The number of carboxylic acid groups (broad SMARTS) is 2. The highest BCUT2D eigenvalue weighted by molar-refractivity contribution is 5.90. The van der Waals surface area contributed by atoms with Crippen molar-refractivity contribution in [2.45, 2.75) is 37.3 Å². The van der Waals surface area contributed by atoms with Crippen LogP contribution in [0.1, 0.15) is 16.7 Å². The van der Waals surface area contributed by atoms with E-state index in [4.69, 9.17) is 15.6 Å². The molecule has 0 aliphatic rings. The summed E-state index contributed by atoms with van der Waals surface area (Å²) in [4.78, 5) is 35.7. The minimum Gasteiger partial charge on any atom is -0.480 e. The lowest BCUT2D eigenvalue weighted by Gasteiger charge is -2.18. The van der Waals surface area contributed by atoms with Gasteiger partial charge in [0.05, 0.1) is 11.6 Å². The molecule has 2 atom stereocenters. The topological polar surface area (TPSA) is 146 Å². The van der Waals surface area contributed by atoms with Crippen LogP contribution in [0.25, 0.3) is 10.9 Å². The Hall–Kier alpha value is -4.07. The summed E-state index contributed by atoms with van der Waals surface area (Å²) in [6, 6.07) is 10.2. The van der Waals surface area contributed by atoms with E-state index >= 15 is 0 Å². The molecule has 0 saturated carbocycles. The van der Waals surface area contributed by atoms with Crippen LogP contribution in [0.3, 0.4) is 0 Å². The number of carbonyl (C=O) groups is 3. The van der Waals surface area contributed by atoms with Gasteiger partial charge in [0.15, 0.2) is 0 Å². The first-order valence-electron chi connectivity index (χ1n) is 10.4. The molecule has 0 bridgehead atoms. The van der Waals surface area contributed by atoms with Crippen molar-refractivity contribution in [2.24, 2.45) is 5.73 Å². The lowest BCUT2D eigenvalue weighted by Crippen LogP contribution is -2.50. The molecule has 0 aliphatic heterocycles. The Bertz CT molecular complexity index is 1240. The molecule has 37 heavy (non-hydrogen) atoms. The van der Waals surface area contributed by atoms with E-state index in [1.165, 1.54) is 18.3 Å². The molecule has 2 aromatic carbocycles. The Kier molecular flexibility index (Phi) is 9.28. The number of benzene rings is 2. The van der Waals surface area contributed by atoms with Crippen LogP contribution >= 0.6 is 0 Å². The largest absolute Gasteiger partial charge is 0.490 e. The van der Waals surface area contributed by atoms with E-state index in [9.17, 15) is 41.0 Å². The van der Waals surface area contributed by atoms with Crippen LogP contribution in [0.4, 0.5) is 26.3 Å². The summed E-state index contributed by atoms with van der Waals surface area (Å²) in [5, 5.41) is 18.9. The van der Waals surface area contributed by atoms with Gasteiger partial charge in [-0.2, -0.15) is 26.3 Å². The molecule has 14 heteroatoms. The molecule has 8 nitrogen and oxygen atoms in total. The molecule has 1 aromatic heterocycles. The maximum Gasteiger partial charge on any atom is 0.490 e. The van der Waals surface area contributed by atoms with Gasteiger partial charge >= 0.3 is 24.3 Å². The van der Waals surface area contributed by atoms with Crippen LogP contribution in [0.2, 0.25) is 0 Å². The van der Waals surface area contributed by atoms with Gasteiger partial charge in [0.2, 0.25) is 5.91 Å². The molecular weight excluding hydrogens is 512 g/mol. The SMILES string of the molecule is N[C@@H](Cc1ccccc1)C(=O)N[C@@H](Cc1c[nH]c2cccc(C(F)(F)F)c12)C(=O)O.O=C(O)C(F)(F)F. The van der Waals surface area contributed by atoms with Crippen molar-refractivity contribution in [3.63, 3.8) is 0 Å². The molecule has 0 unspecified atom stereocenters. The molecule has 200 valence electrons. The number of carbonyl (C=O) groups excluding carboxylic acids is 1. The second kappa shape index (κ2) is 11.8. The van der Waals surface area contributed by atoms with E-state index in [1.54, 1.807) is 24.3 Å². The van der Waals surface area contributed by atoms with Crippen LogP contribution in [0, 0.1) is 0 Å². The quantitative estimate of drug-likeness (QED) is 0.294. The van der Waals surface area contributed by atoms with Gasteiger partial charge < -0.3 is 26.2 Å². The average Bonchev–Trinajstić information content (AvgIpc) is 3.21. The summed E-state index contributed by atoms with van der Waals surface area (Å²) in [6.45, 7) is 0. The van der Waals surface area contributed by atoms with Crippen LogP contribution in [0.15, 0.2) is 54.7 Å². The highest BCUT2D eigenvalue weighted by Crippen LogP contribution is 2.36. The number of H-pyrrole nitrogens is 1. The molecule has 0 fully saturated rings. The van der Waals surface area contributed by atoms with E-state index < -0.39 is 47.8 Å². The fourth-order valence-electron chi connectivity index (χ4n) is 3.31. The Morgan fingerprint density at radius 2 is 1.51 bits per heavy atom. The molecule has 3 rings (SSSR count).